The van der Waals surface area contributed by atoms with Gasteiger partial charge in [-0.2, -0.15) is 11.8 Å². The molecule has 0 aromatic heterocycles. The maximum Gasteiger partial charge on any atom is 0.215 e. The van der Waals surface area contributed by atoms with E-state index in [4.69, 9.17) is 0 Å². The molecule has 0 saturated carbocycles. The third-order valence-electron chi connectivity index (χ3n) is 5.12. The minimum atomic E-state index is -3.20. The summed E-state index contributed by atoms with van der Waals surface area (Å²) in [6.07, 6.45) is 2.19. The highest BCUT2D eigenvalue weighted by Gasteiger charge is 2.24. The van der Waals surface area contributed by atoms with Gasteiger partial charge in [0.1, 0.15) is 0 Å². The van der Waals surface area contributed by atoms with Crippen molar-refractivity contribution in [3.8, 4) is 0 Å². The highest BCUT2D eigenvalue weighted by molar-refractivity contribution is 14.0. The van der Waals surface area contributed by atoms with Gasteiger partial charge in [0.2, 0.25) is 10.0 Å². The summed E-state index contributed by atoms with van der Waals surface area (Å²) in [4.78, 5) is 6.66. The van der Waals surface area contributed by atoms with Gasteiger partial charge < -0.3 is 15.5 Å². The Hall–Kier alpha value is -0.720. The van der Waals surface area contributed by atoms with Crippen molar-refractivity contribution in [2.45, 2.75) is 18.9 Å². The molecule has 164 valence electrons. The molecule has 2 saturated heterocycles. The predicted molar refractivity (Wildman–Crippen MR) is 134 cm³/mol. The topological polar surface area (TPSA) is 77.0 Å². The first-order valence-electron chi connectivity index (χ1n) is 9.91. The van der Waals surface area contributed by atoms with Crippen molar-refractivity contribution < 1.29 is 8.42 Å². The van der Waals surface area contributed by atoms with Crippen molar-refractivity contribution in [1.29, 1.82) is 0 Å². The van der Waals surface area contributed by atoms with Crippen LogP contribution in [-0.4, -0.2) is 81.8 Å². The SMILES string of the molecule is CN=C(NCCS(=O)(=O)N1CCSCC1)NC1CCCN(c2ccccc2)C1.I. The number of rotatable bonds is 6. The number of guanidine groups is 1. The minimum Gasteiger partial charge on any atom is -0.369 e. The van der Waals surface area contributed by atoms with E-state index in [1.807, 2.05) is 17.8 Å². The second-order valence-corrected chi connectivity index (χ2v) is 10.4. The highest BCUT2D eigenvalue weighted by atomic mass is 127. The fourth-order valence-electron chi connectivity index (χ4n) is 3.61. The van der Waals surface area contributed by atoms with Crippen LogP contribution in [0.2, 0.25) is 0 Å². The maximum absolute atomic E-state index is 12.5. The van der Waals surface area contributed by atoms with Gasteiger partial charge in [-0.25, -0.2) is 12.7 Å². The van der Waals surface area contributed by atoms with Crippen molar-refractivity contribution in [2.24, 2.45) is 4.99 Å². The second kappa shape index (κ2) is 12.2. The third kappa shape index (κ3) is 7.48. The van der Waals surface area contributed by atoms with E-state index in [1.165, 1.54) is 5.69 Å². The van der Waals surface area contributed by atoms with Gasteiger partial charge >= 0.3 is 0 Å². The van der Waals surface area contributed by atoms with Crippen LogP contribution >= 0.6 is 35.7 Å². The van der Waals surface area contributed by atoms with E-state index in [0.717, 1.165) is 37.4 Å². The maximum atomic E-state index is 12.5. The Bertz CT molecular complexity index is 742. The number of aliphatic imine (C=N–C) groups is 1. The van der Waals surface area contributed by atoms with Gasteiger partial charge in [0, 0.05) is 63.0 Å². The monoisotopic (exact) mass is 553 g/mol. The smallest absolute Gasteiger partial charge is 0.215 e. The number of halogens is 1. The van der Waals surface area contributed by atoms with Gasteiger partial charge in [-0.05, 0) is 25.0 Å². The van der Waals surface area contributed by atoms with E-state index < -0.39 is 10.0 Å². The molecule has 0 radical (unpaired) electrons. The number of hydrogen-bond donors (Lipinski definition) is 2. The number of nitrogens with one attached hydrogen (secondary N) is 2. The molecule has 29 heavy (non-hydrogen) atoms. The molecular weight excluding hydrogens is 521 g/mol. The number of benzene rings is 1. The fraction of sp³-hybridized carbons (Fsp3) is 0.632. The van der Waals surface area contributed by atoms with E-state index in [1.54, 1.807) is 11.4 Å². The Kier molecular flexibility index (Phi) is 10.3. The Balaban J connectivity index is 0.00000300. The lowest BCUT2D eigenvalue weighted by molar-refractivity contribution is 0.443. The molecular formula is C19H32IN5O2S2. The molecule has 2 heterocycles. The molecule has 1 aromatic carbocycles. The number of thioether (sulfide) groups is 1. The Labute approximate surface area is 196 Å². The van der Waals surface area contributed by atoms with Gasteiger partial charge in [0.25, 0.3) is 0 Å². The summed E-state index contributed by atoms with van der Waals surface area (Å²) in [5.74, 6) is 2.54. The van der Waals surface area contributed by atoms with Crippen molar-refractivity contribution >= 4 is 57.4 Å². The molecule has 0 amide bonds. The summed E-state index contributed by atoms with van der Waals surface area (Å²) in [5.41, 5.74) is 1.24. The fourth-order valence-corrected chi connectivity index (χ4v) is 6.10. The van der Waals surface area contributed by atoms with Crippen LogP contribution in [-0.2, 0) is 10.0 Å². The van der Waals surface area contributed by atoms with Crippen LogP contribution in [0.1, 0.15) is 12.8 Å². The van der Waals surface area contributed by atoms with E-state index in [9.17, 15) is 8.42 Å². The molecule has 0 bridgehead atoms. The van der Waals surface area contributed by atoms with Gasteiger partial charge in [-0.15, -0.1) is 24.0 Å². The third-order valence-corrected chi connectivity index (χ3v) is 7.94. The van der Waals surface area contributed by atoms with Crippen LogP contribution in [0.5, 0.6) is 0 Å². The van der Waals surface area contributed by atoms with Crippen LogP contribution in [0.15, 0.2) is 35.3 Å². The lowest BCUT2D eigenvalue weighted by Gasteiger charge is -2.35. The van der Waals surface area contributed by atoms with Gasteiger partial charge in [0.15, 0.2) is 5.96 Å². The van der Waals surface area contributed by atoms with E-state index >= 15 is 0 Å². The van der Waals surface area contributed by atoms with E-state index in [-0.39, 0.29) is 35.8 Å². The summed E-state index contributed by atoms with van der Waals surface area (Å²) < 4.78 is 26.5. The molecule has 7 nitrogen and oxygen atoms in total. The van der Waals surface area contributed by atoms with Crippen molar-refractivity contribution in [3.63, 3.8) is 0 Å². The molecule has 2 N–H and O–H groups in total. The standard InChI is InChI=1S/C19H31N5O2S2.HI/c1-20-19(21-9-15-28(25,26)24-11-13-27-14-12-24)22-17-6-5-10-23(16-17)18-7-3-2-4-8-18;/h2-4,7-8,17H,5-6,9-16H2,1H3,(H2,20,21,22);1H. The molecule has 1 atom stereocenters. The molecule has 1 aromatic rings. The lowest BCUT2D eigenvalue weighted by Crippen LogP contribution is -2.52. The Morgan fingerprint density at radius 3 is 2.62 bits per heavy atom. The van der Waals surface area contributed by atoms with Crippen LogP contribution in [0.4, 0.5) is 5.69 Å². The average Bonchev–Trinajstić information content (AvgIpc) is 2.74. The minimum absolute atomic E-state index is 0. The molecule has 1 unspecified atom stereocenters. The van der Waals surface area contributed by atoms with Crippen LogP contribution < -0.4 is 15.5 Å². The first-order chi connectivity index (χ1) is 13.6. The molecule has 2 fully saturated rings. The van der Waals surface area contributed by atoms with Gasteiger partial charge in [-0.1, -0.05) is 18.2 Å². The summed E-state index contributed by atoms with van der Waals surface area (Å²) in [7, 11) is -1.47. The number of piperidine rings is 1. The number of para-hydroxylation sites is 1. The number of hydrogen-bond acceptors (Lipinski definition) is 5. The zero-order valence-electron chi connectivity index (χ0n) is 16.9. The number of nitrogens with zero attached hydrogens (tertiary/aromatic N) is 3. The number of anilines is 1. The molecule has 10 heteroatoms. The Morgan fingerprint density at radius 1 is 1.21 bits per heavy atom. The summed E-state index contributed by atoms with van der Waals surface area (Å²) in [6.45, 7) is 3.57. The number of sulfonamides is 1. The molecule has 2 aliphatic rings. The van der Waals surface area contributed by atoms with E-state index in [2.05, 4.69) is 44.8 Å². The zero-order chi connectivity index (χ0) is 19.8. The van der Waals surface area contributed by atoms with Gasteiger partial charge in [0.05, 0.1) is 5.75 Å². The van der Waals surface area contributed by atoms with Crippen LogP contribution in [0.3, 0.4) is 0 Å². The Morgan fingerprint density at radius 2 is 1.93 bits per heavy atom. The normalized spacial score (nSPS) is 21.3. The quantitative estimate of drug-likeness (QED) is 0.318. The van der Waals surface area contributed by atoms with Crippen molar-refractivity contribution in [1.82, 2.24) is 14.9 Å². The summed E-state index contributed by atoms with van der Waals surface area (Å²) in [6, 6.07) is 10.7. The first-order valence-corrected chi connectivity index (χ1v) is 12.7. The van der Waals surface area contributed by atoms with Gasteiger partial charge in [-0.3, -0.25) is 4.99 Å². The average molecular weight is 554 g/mol. The van der Waals surface area contributed by atoms with Crippen molar-refractivity contribution in [3.05, 3.63) is 30.3 Å². The molecule has 0 aliphatic carbocycles. The zero-order valence-corrected chi connectivity index (χ0v) is 20.9. The second-order valence-electron chi connectivity index (χ2n) is 7.09. The highest BCUT2D eigenvalue weighted by Crippen LogP contribution is 2.19. The van der Waals surface area contributed by atoms with Crippen LogP contribution in [0.25, 0.3) is 0 Å². The van der Waals surface area contributed by atoms with E-state index in [0.29, 0.717) is 25.6 Å². The summed E-state index contributed by atoms with van der Waals surface area (Å²) >= 11 is 1.81. The summed E-state index contributed by atoms with van der Waals surface area (Å²) in [5, 5.41) is 6.63. The van der Waals surface area contributed by atoms with Crippen LogP contribution in [0, 0.1) is 0 Å². The first kappa shape index (κ1) is 24.5. The molecule has 2 aliphatic heterocycles. The van der Waals surface area contributed by atoms with Crippen molar-refractivity contribution in [2.75, 3.05) is 61.9 Å². The molecule has 0 spiro atoms. The largest absolute Gasteiger partial charge is 0.369 e. The lowest BCUT2D eigenvalue weighted by atomic mass is 10.1. The predicted octanol–water partition coefficient (Wildman–Crippen LogP) is 1.82. The molecule has 3 rings (SSSR count).